The Morgan fingerprint density at radius 1 is 0.812 bits per heavy atom. The molecule has 0 aliphatic heterocycles. The third kappa shape index (κ3) is 1.22. The number of hydrogen-bond acceptors (Lipinski definition) is 3. The van der Waals surface area contributed by atoms with Crippen LogP contribution in [0.5, 0.6) is 0 Å². The highest BCUT2D eigenvalue weighted by atomic mass is 15.2. The molecule has 0 saturated heterocycles. The lowest BCUT2D eigenvalue weighted by atomic mass is 10.1. The summed E-state index contributed by atoms with van der Waals surface area (Å²) in [5.74, 6) is 5.60. The number of para-hydroxylation sites is 2. The largest absolute Gasteiger partial charge is 0.323 e. The van der Waals surface area contributed by atoms with Crippen molar-refractivity contribution in [1.29, 1.82) is 0 Å². The van der Waals surface area contributed by atoms with E-state index in [1.54, 1.807) is 0 Å². The van der Waals surface area contributed by atoms with Crippen LogP contribution in [-0.2, 0) is 0 Å². The predicted octanol–water partition coefficient (Wildman–Crippen LogP) is 2.67. The van der Waals surface area contributed by atoms with E-state index in [2.05, 4.69) is 10.4 Å². The minimum atomic E-state index is 0.932. The highest BCUT2D eigenvalue weighted by molar-refractivity contribution is 6.07. The number of benzene rings is 2. The van der Waals surface area contributed by atoms with Gasteiger partial charge in [0.25, 0.3) is 0 Å². The standard InChI is InChI=1S/C13H11N3/c14-16-13-9-5-1-3-7-11(9)15-12-8-4-2-6-10(12)13/h1-8H,14H2,(H,15,16). The summed E-state index contributed by atoms with van der Waals surface area (Å²) in [4.78, 5) is 4.59. The van der Waals surface area contributed by atoms with E-state index in [1.807, 2.05) is 48.5 Å². The molecule has 0 spiro atoms. The number of hydrazine groups is 1. The van der Waals surface area contributed by atoms with E-state index in [-0.39, 0.29) is 0 Å². The third-order valence-corrected chi connectivity index (χ3v) is 2.73. The molecule has 0 aliphatic rings. The summed E-state index contributed by atoms with van der Waals surface area (Å²) in [6, 6.07) is 15.9. The van der Waals surface area contributed by atoms with E-state index in [0.717, 1.165) is 27.5 Å². The molecule has 16 heavy (non-hydrogen) atoms. The van der Waals surface area contributed by atoms with Gasteiger partial charge in [0.2, 0.25) is 0 Å². The van der Waals surface area contributed by atoms with Gasteiger partial charge in [-0.1, -0.05) is 36.4 Å². The van der Waals surface area contributed by atoms with Crippen molar-refractivity contribution in [2.75, 3.05) is 5.43 Å². The van der Waals surface area contributed by atoms with Crippen molar-refractivity contribution in [3.63, 3.8) is 0 Å². The number of aromatic nitrogens is 1. The summed E-state index contributed by atoms with van der Waals surface area (Å²) in [5.41, 5.74) is 5.61. The maximum Gasteiger partial charge on any atom is 0.0731 e. The average Bonchev–Trinajstić information content (AvgIpc) is 2.36. The summed E-state index contributed by atoms with van der Waals surface area (Å²) < 4.78 is 0. The lowest BCUT2D eigenvalue weighted by Crippen LogP contribution is -2.08. The van der Waals surface area contributed by atoms with Gasteiger partial charge in [-0.2, -0.15) is 0 Å². The first kappa shape index (κ1) is 9.12. The quantitative estimate of drug-likeness (QED) is 0.368. The van der Waals surface area contributed by atoms with Gasteiger partial charge < -0.3 is 5.43 Å². The van der Waals surface area contributed by atoms with Gasteiger partial charge in [0.15, 0.2) is 0 Å². The molecule has 0 amide bonds. The fraction of sp³-hybridized carbons (Fsp3) is 0. The van der Waals surface area contributed by atoms with Gasteiger partial charge in [-0.15, -0.1) is 0 Å². The summed E-state index contributed by atoms with van der Waals surface area (Å²) >= 11 is 0. The molecule has 0 atom stereocenters. The topological polar surface area (TPSA) is 50.9 Å². The number of nitrogens with one attached hydrogen (secondary N) is 1. The van der Waals surface area contributed by atoms with Gasteiger partial charge in [0.05, 0.1) is 16.7 Å². The fourth-order valence-corrected chi connectivity index (χ4v) is 2.00. The number of fused-ring (bicyclic) bond motifs is 2. The minimum Gasteiger partial charge on any atom is -0.323 e. The summed E-state index contributed by atoms with van der Waals surface area (Å²) in [6.45, 7) is 0. The van der Waals surface area contributed by atoms with E-state index in [0.29, 0.717) is 0 Å². The number of nitrogens with two attached hydrogens (primary N) is 1. The third-order valence-electron chi connectivity index (χ3n) is 2.73. The number of rotatable bonds is 1. The first-order valence-electron chi connectivity index (χ1n) is 5.14. The molecule has 3 heteroatoms. The molecule has 0 radical (unpaired) electrons. The van der Waals surface area contributed by atoms with Crippen LogP contribution in [0.15, 0.2) is 48.5 Å². The van der Waals surface area contributed by atoms with Crippen molar-refractivity contribution in [3.05, 3.63) is 48.5 Å². The molecular formula is C13H11N3. The molecule has 1 heterocycles. The van der Waals surface area contributed by atoms with Crippen molar-refractivity contribution >= 4 is 27.5 Å². The monoisotopic (exact) mass is 209 g/mol. The highest BCUT2D eigenvalue weighted by Crippen LogP contribution is 2.29. The van der Waals surface area contributed by atoms with E-state index in [1.165, 1.54) is 0 Å². The molecule has 0 fully saturated rings. The van der Waals surface area contributed by atoms with Crippen molar-refractivity contribution < 1.29 is 0 Å². The van der Waals surface area contributed by atoms with Crippen LogP contribution >= 0.6 is 0 Å². The van der Waals surface area contributed by atoms with Crippen LogP contribution in [0.3, 0.4) is 0 Å². The maximum atomic E-state index is 5.60. The van der Waals surface area contributed by atoms with Crippen LogP contribution in [-0.4, -0.2) is 4.98 Å². The van der Waals surface area contributed by atoms with Gasteiger partial charge in [0, 0.05) is 10.8 Å². The Morgan fingerprint density at radius 3 is 1.81 bits per heavy atom. The molecular weight excluding hydrogens is 198 g/mol. The van der Waals surface area contributed by atoms with Crippen molar-refractivity contribution in [1.82, 2.24) is 4.98 Å². The van der Waals surface area contributed by atoms with Gasteiger partial charge in [-0.05, 0) is 12.1 Å². The van der Waals surface area contributed by atoms with Gasteiger partial charge in [-0.25, -0.2) is 4.98 Å². The molecule has 78 valence electrons. The smallest absolute Gasteiger partial charge is 0.0731 e. The first-order valence-corrected chi connectivity index (χ1v) is 5.14. The second-order valence-electron chi connectivity index (χ2n) is 3.67. The molecule has 3 rings (SSSR count). The molecule has 3 N–H and O–H groups in total. The Labute approximate surface area is 92.9 Å². The second-order valence-corrected chi connectivity index (χ2v) is 3.67. The maximum absolute atomic E-state index is 5.60. The zero-order valence-corrected chi connectivity index (χ0v) is 8.64. The lowest BCUT2D eigenvalue weighted by Gasteiger charge is -2.09. The molecule has 3 aromatic rings. The molecule has 0 saturated carbocycles. The van der Waals surface area contributed by atoms with Crippen LogP contribution < -0.4 is 11.3 Å². The fourth-order valence-electron chi connectivity index (χ4n) is 2.00. The number of pyridine rings is 1. The van der Waals surface area contributed by atoms with Crippen LogP contribution in [0.25, 0.3) is 21.8 Å². The van der Waals surface area contributed by atoms with E-state index < -0.39 is 0 Å². The van der Waals surface area contributed by atoms with Gasteiger partial charge in [-0.3, -0.25) is 5.84 Å². The van der Waals surface area contributed by atoms with Gasteiger partial charge in [0.1, 0.15) is 0 Å². The summed E-state index contributed by atoms with van der Waals surface area (Å²) in [7, 11) is 0. The molecule has 0 aliphatic carbocycles. The van der Waals surface area contributed by atoms with Crippen molar-refractivity contribution in [2.45, 2.75) is 0 Å². The SMILES string of the molecule is NNc1c2ccccc2nc2ccccc12. The van der Waals surface area contributed by atoms with Crippen molar-refractivity contribution in [2.24, 2.45) is 5.84 Å². The molecule has 0 bridgehead atoms. The summed E-state index contributed by atoms with van der Waals surface area (Å²) in [5, 5.41) is 2.09. The Kier molecular flexibility index (Phi) is 1.98. The van der Waals surface area contributed by atoms with Crippen LogP contribution in [0.2, 0.25) is 0 Å². The number of hydrogen-bond donors (Lipinski definition) is 2. The zero-order valence-electron chi connectivity index (χ0n) is 8.64. The zero-order chi connectivity index (χ0) is 11.0. The van der Waals surface area contributed by atoms with E-state index in [4.69, 9.17) is 5.84 Å². The highest BCUT2D eigenvalue weighted by Gasteiger charge is 2.06. The first-order chi connectivity index (χ1) is 7.90. The average molecular weight is 209 g/mol. The predicted molar refractivity (Wildman–Crippen MR) is 67.1 cm³/mol. The number of anilines is 1. The normalized spacial score (nSPS) is 10.8. The minimum absolute atomic E-state index is 0.932. The Hall–Kier alpha value is -2.13. The number of nitrogens with zero attached hydrogens (tertiary/aromatic N) is 1. The lowest BCUT2D eigenvalue weighted by molar-refractivity contribution is 1.37. The van der Waals surface area contributed by atoms with Crippen LogP contribution in [0, 0.1) is 0 Å². The molecule has 0 unspecified atom stereocenters. The number of nitrogen functional groups attached to an aromatic ring is 1. The Balaban J connectivity index is 2.56. The van der Waals surface area contributed by atoms with Crippen molar-refractivity contribution in [3.8, 4) is 0 Å². The molecule has 3 nitrogen and oxygen atoms in total. The van der Waals surface area contributed by atoms with E-state index >= 15 is 0 Å². The molecule has 2 aromatic carbocycles. The second kappa shape index (κ2) is 3.47. The van der Waals surface area contributed by atoms with Gasteiger partial charge >= 0.3 is 0 Å². The van der Waals surface area contributed by atoms with E-state index in [9.17, 15) is 0 Å². The van der Waals surface area contributed by atoms with Crippen LogP contribution in [0.1, 0.15) is 0 Å². The molecule has 1 aromatic heterocycles. The Bertz CT molecular complexity index is 607. The Morgan fingerprint density at radius 2 is 1.31 bits per heavy atom. The summed E-state index contributed by atoms with van der Waals surface area (Å²) in [6.07, 6.45) is 0. The van der Waals surface area contributed by atoms with Crippen LogP contribution in [0.4, 0.5) is 5.69 Å².